The van der Waals surface area contributed by atoms with Gasteiger partial charge in [0.05, 0.1) is 16.6 Å². The van der Waals surface area contributed by atoms with Crippen LogP contribution in [-0.4, -0.2) is 22.4 Å². The van der Waals surface area contributed by atoms with E-state index in [0.717, 1.165) is 27.5 Å². The molecule has 0 bridgehead atoms. The number of amides is 1. The topological polar surface area (TPSA) is 57.8 Å². The summed E-state index contributed by atoms with van der Waals surface area (Å²) >= 11 is 3.46. The van der Waals surface area contributed by atoms with E-state index in [9.17, 15) is 4.79 Å². The molecule has 0 radical (unpaired) electrons. The van der Waals surface area contributed by atoms with Gasteiger partial charge >= 0.3 is 0 Å². The van der Waals surface area contributed by atoms with Crippen molar-refractivity contribution in [2.75, 3.05) is 6.54 Å². The summed E-state index contributed by atoms with van der Waals surface area (Å²) in [6.07, 6.45) is 2.74. The normalized spacial score (nSPS) is 11.7. The summed E-state index contributed by atoms with van der Waals surface area (Å²) in [5.41, 5.74) is 3.22. The zero-order valence-electron chi connectivity index (χ0n) is 13.3. The maximum Gasteiger partial charge on any atom is 0.255 e. The monoisotopic (exact) mass is 383 g/mol. The number of imidazole rings is 1. The number of rotatable bonds is 5. The van der Waals surface area contributed by atoms with Gasteiger partial charge in [0.1, 0.15) is 5.82 Å². The summed E-state index contributed by atoms with van der Waals surface area (Å²) in [6.45, 7) is 2.66. The number of fused-ring (bicyclic) bond motifs is 1. The van der Waals surface area contributed by atoms with Crippen molar-refractivity contribution in [3.8, 4) is 0 Å². The van der Waals surface area contributed by atoms with E-state index in [1.54, 1.807) is 0 Å². The van der Waals surface area contributed by atoms with Gasteiger partial charge in [0.15, 0.2) is 0 Å². The number of carbonyl (C=O) groups excluding carboxylic acids is 1. The van der Waals surface area contributed by atoms with Crippen LogP contribution in [0.15, 0.2) is 53.0 Å². The average Bonchev–Trinajstić information content (AvgIpc) is 3.01. The zero-order chi connectivity index (χ0) is 16.9. The molecule has 0 aliphatic carbocycles. The second-order valence-corrected chi connectivity index (χ2v) is 6.39. The summed E-state index contributed by atoms with van der Waals surface area (Å²) in [4.78, 5) is 20.4. The van der Waals surface area contributed by atoms with Crippen LogP contribution in [0.5, 0.6) is 0 Å². The Morgan fingerprint density at radius 1 is 1.25 bits per heavy atom. The van der Waals surface area contributed by atoms with Crippen LogP contribution in [0.2, 0.25) is 0 Å². The molecule has 2 N–H and O–H groups in total. The Hall–Kier alpha value is -2.40. The lowest BCUT2D eigenvalue weighted by atomic mass is 10.1. The van der Waals surface area contributed by atoms with Crippen molar-refractivity contribution in [1.82, 2.24) is 15.3 Å². The molecule has 0 fully saturated rings. The van der Waals surface area contributed by atoms with E-state index in [2.05, 4.69) is 31.2 Å². The van der Waals surface area contributed by atoms with Gasteiger partial charge in [-0.2, -0.15) is 0 Å². The van der Waals surface area contributed by atoms with Gasteiger partial charge in [-0.3, -0.25) is 4.79 Å². The molecule has 0 atom stereocenters. The van der Waals surface area contributed by atoms with Crippen molar-refractivity contribution < 1.29 is 4.79 Å². The number of hydrogen-bond acceptors (Lipinski definition) is 2. The predicted octanol–water partition coefficient (Wildman–Crippen LogP) is 4.39. The molecule has 0 aliphatic rings. The third-order valence-corrected chi connectivity index (χ3v) is 4.08. The Morgan fingerprint density at radius 3 is 2.83 bits per heavy atom. The molecule has 0 saturated carbocycles. The Bertz CT molecular complexity index is 865. The molecular weight excluding hydrogens is 366 g/mol. The highest BCUT2D eigenvalue weighted by Crippen LogP contribution is 2.21. The van der Waals surface area contributed by atoms with Gasteiger partial charge in [0.25, 0.3) is 5.91 Å². The van der Waals surface area contributed by atoms with Gasteiger partial charge in [0, 0.05) is 11.0 Å². The van der Waals surface area contributed by atoms with Gasteiger partial charge in [-0.25, -0.2) is 4.98 Å². The number of halogens is 1. The summed E-state index contributed by atoms with van der Waals surface area (Å²) < 4.78 is 0.967. The van der Waals surface area contributed by atoms with Gasteiger partial charge in [-0.05, 0) is 42.3 Å². The summed E-state index contributed by atoms with van der Waals surface area (Å²) in [7, 11) is 0. The average molecular weight is 384 g/mol. The Balaban J connectivity index is 2.05. The Kier molecular flexibility index (Phi) is 5.11. The van der Waals surface area contributed by atoms with Crippen LogP contribution in [-0.2, 0) is 4.79 Å². The third kappa shape index (κ3) is 3.74. The van der Waals surface area contributed by atoms with Crippen molar-refractivity contribution in [3.05, 3.63) is 64.4 Å². The first-order chi connectivity index (χ1) is 11.7. The maximum absolute atomic E-state index is 12.6. The van der Waals surface area contributed by atoms with E-state index in [1.807, 2.05) is 61.5 Å². The molecule has 3 aromatic rings. The number of benzene rings is 2. The maximum atomic E-state index is 12.6. The molecule has 3 rings (SSSR count). The van der Waals surface area contributed by atoms with Crippen molar-refractivity contribution >= 4 is 44.5 Å². The molecule has 5 heteroatoms. The fraction of sp³-hybridized carbons (Fsp3) is 0.158. The number of H-pyrrole nitrogens is 1. The standard InChI is InChI=1S/C19H18BrN3O/c1-2-10-21-19(24)15(12-13-6-5-7-14(20)11-13)18-22-16-8-3-4-9-17(16)23-18/h3-9,11-12H,2,10H2,1H3,(H,21,24)(H,22,23)/b15-12-. The molecule has 122 valence electrons. The molecule has 4 nitrogen and oxygen atoms in total. The predicted molar refractivity (Wildman–Crippen MR) is 101 cm³/mol. The second-order valence-electron chi connectivity index (χ2n) is 5.47. The zero-order valence-corrected chi connectivity index (χ0v) is 14.9. The smallest absolute Gasteiger partial charge is 0.255 e. The lowest BCUT2D eigenvalue weighted by Gasteiger charge is -2.06. The summed E-state index contributed by atoms with van der Waals surface area (Å²) in [6, 6.07) is 15.6. The van der Waals surface area contributed by atoms with E-state index in [-0.39, 0.29) is 5.91 Å². The largest absolute Gasteiger partial charge is 0.352 e. The number of nitrogens with one attached hydrogen (secondary N) is 2. The minimum Gasteiger partial charge on any atom is -0.352 e. The van der Waals surface area contributed by atoms with E-state index in [0.29, 0.717) is 17.9 Å². The first-order valence-electron chi connectivity index (χ1n) is 7.88. The van der Waals surface area contributed by atoms with Crippen LogP contribution in [0.4, 0.5) is 0 Å². The van der Waals surface area contributed by atoms with E-state index in [4.69, 9.17) is 0 Å². The van der Waals surface area contributed by atoms with Crippen LogP contribution in [0.1, 0.15) is 24.7 Å². The highest BCUT2D eigenvalue weighted by molar-refractivity contribution is 9.10. The van der Waals surface area contributed by atoms with Crippen LogP contribution in [0.25, 0.3) is 22.7 Å². The molecule has 2 aromatic carbocycles. The lowest BCUT2D eigenvalue weighted by molar-refractivity contribution is -0.115. The SMILES string of the molecule is CCCNC(=O)/C(=C\c1cccc(Br)c1)c1nc2ccccc2[nH]1. The Labute approximate surface area is 149 Å². The molecule has 0 saturated heterocycles. The second kappa shape index (κ2) is 7.45. The van der Waals surface area contributed by atoms with Crippen LogP contribution in [0.3, 0.4) is 0 Å². The van der Waals surface area contributed by atoms with Crippen LogP contribution in [0, 0.1) is 0 Å². The van der Waals surface area contributed by atoms with Crippen molar-refractivity contribution in [1.29, 1.82) is 0 Å². The molecular formula is C19H18BrN3O. The number of aromatic nitrogens is 2. The summed E-state index contributed by atoms with van der Waals surface area (Å²) in [5.74, 6) is 0.445. The minimum absolute atomic E-state index is 0.129. The molecule has 0 aliphatic heterocycles. The first kappa shape index (κ1) is 16.5. The van der Waals surface area contributed by atoms with Crippen molar-refractivity contribution in [3.63, 3.8) is 0 Å². The lowest BCUT2D eigenvalue weighted by Crippen LogP contribution is -2.25. The molecule has 1 amide bonds. The quantitative estimate of drug-likeness (QED) is 0.641. The molecule has 1 heterocycles. The third-order valence-electron chi connectivity index (χ3n) is 3.58. The van der Waals surface area contributed by atoms with E-state index < -0.39 is 0 Å². The van der Waals surface area contributed by atoms with Crippen molar-refractivity contribution in [2.24, 2.45) is 0 Å². The number of hydrogen-bond donors (Lipinski definition) is 2. The molecule has 0 unspecified atom stereocenters. The van der Waals surface area contributed by atoms with E-state index >= 15 is 0 Å². The van der Waals surface area contributed by atoms with Gasteiger partial charge in [-0.15, -0.1) is 0 Å². The minimum atomic E-state index is -0.129. The van der Waals surface area contributed by atoms with Crippen molar-refractivity contribution in [2.45, 2.75) is 13.3 Å². The van der Waals surface area contributed by atoms with Gasteiger partial charge < -0.3 is 10.3 Å². The first-order valence-corrected chi connectivity index (χ1v) is 8.67. The number of para-hydroxylation sites is 2. The highest BCUT2D eigenvalue weighted by Gasteiger charge is 2.16. The summed E-state index contributed by atoms with van der Waals surface area (Å²) in [5, 5.41) is 2.93. The van der Waals surface area contributed by atoms with Gasteiger partial charge in [-0.1, -0.05) is 47.1 Å². The Morgan fingerprint density at radius 2 is 2.08 bits per heavy atom. The number of carbonyl (C=O) groups is 1. The number of aromatic amines is 1. The highest BCUT2D eigenvalue weighted by atomic mass is 79.9. The van der Waals surface area contributed by atoms with Crippen LogP contribution < -0.4 is 5.32 Å². The fourth-order valence-corrected chi connectivity index (χ4v) is 2.84. The molecule has 0 spiro atoms. The molecule has 1 aromatic heterocycles. The number of nitrogens with zero attached hydrogens (tertiary/aromatic N) is 1. The van der Waals surface area contributed by atoms with Gasteiger partial charge in [0.2, 0.25) is 0 Å². The van der Waals surface area contributed by atoms with E-state index in [1.165, 1.54) is 0 Å². The fourth-order valence-electron chi connectivity index (χ4n) is 2.42. The van der Waals surface area contributed by atoms with Crippen LogP contribution >= 0.6 is 15.9 Å². The molecule has 24 heavy (non-hydrogen) atoms.